The summed E-state index contributed by atoms with van der Waals surface area (Å²) in [7, 11) is 0. The van der Waals surface area contributed by atoms with Crippen LogP contribution < -0.4 is 5.32 Å². The SMILES string of the molecule is Cc1c(C(=O)N[C@H]2CCc3nccn3C2)cnn1Cc1ccccc1. The van der Waals surface area contributed by atoms with Crippen LogP contribution in [0.5, 0.6) is 0 Å². The zero-order valence-corrected chi connectivity index (χ0v) is 14.2. The standard InChI is InChI=1S/C19H21N5O/c1-14-17(11-21-24(14)12-15-5-3-2-4-6-15)19(25)22-16-7-8-18-20-9-10-23(18)13-16/h2-6,9-11,16H,7-8,12-13H2,1H3,(H,22,25)/t16-/m0/s1. The first kappa shape index (κ1) is 15.6. The smallest absolute Gasteiger partial charge is 0.255 e. The molecule has 4 rings (SSSR count). The highest BCUT2D eigenvalue weighted by atomic mass is 16.1. The molecule has 1 amide bonds. The van der Waals surface area contributed by atoms with Gasteiger partial charge in [0.25, 0.3) is 5.91 Å². The summed E-state index contributed by atoms with van der Waals surface area (Å²) in [6.07, 6.45) is 7.26. The fourth-order valence-electron chi connectivity index (χ4n) is 3.33. The molecule has 1 aliphatic rings. The van der Waals surface area contributed by atoms with E-state index in [0.29, 0.717) is 12.1 Å². The van der Waals surface area contributed by atoms with E-state index >= 15 is 0 Å². The fraction of sp³-hybridized carbons (Fsp3) is 0.316. The van der Waals surface area contributed by atoms with E-state index in [1.54, 1.807) is 6.20 Å². The number of rotatable bonds is 4. The molecule has 3 heterocycles. The number of aryl methyl sites for hydroxylation is 1. The van der Waals surface area contributed by atoms with Crippen LogP contribution in [0.3, 0.4) is 0 Å². The quantitative estimate of drug-likeness (QED) is 0.795. The maximum atomic E-state index is 12.7. The van der Waals surface area contributed by atoms with Crippen LogP contribution in [0.4, 0.5) is 0 Å². The van der Waals surface area contributed by atoms with Crippen LogP contribution in [0.25, 0.3) is 0 Å². The highest BCUT2D eigenvalue weighted by Gasteiger charge is 2.22. The molecule has 0 saturated carbocycles. The van der Waals surface area contributed by atoms with Gasteiger partial charge in [-0.3, -0.25) is 9.48 Å². The van der Waals surface area contributed by atoms with Gasteiger partial charge in [0.15, 0.2) is 0 Å². The molecule has 6 heteroatoms. The molecule has 0 aliphatic carbocycles. The van der Waals surface area contributed by atoms with Crippen LogP contribution in [0.1, 0.15) is 33.9 Å². The van der Waals surface area contributed by atoms with Crippen molar-refractivity contribution in [3.8, 4) is 0 Å². The highest BCUT2D eigenvalue weighted by Crippen LogP contribution is 2.15. The predicted molar refractivity (Wildman–Crippen MR) is 94.3 cm³/mol. The second-order valence-corrected chi connectivity index (χ2v) is 6.49. The Balaban J connectivity index is 1.44. The number of nitrogens with zero attached hydrogens (tertiary/aromatic N) is 4. The number of aromatic nitrogens is 4. The van der Waals surface area contributed by atoms with Gasteiger partial charge in [-0.15, -0.1) is 0 Å². The lowest BCUT2D eigenvalue weighted by Crippen LogP contribution is -2.41. The normalized spacial score (nSPS) is 16.4. The summed E-state index contributed by atoms with van der Waals surface area (Å²) in [6.45, 7) is 3.39. The third kappa shape index (κ3) is 3.20. The summed E-state index contributed by atoms with van der Waals surface area (Å²) >= 11 is 0. The molecule has 1 aliphatic heterocycles. The minimum Gasteiger partial charge on any atom is -0.347 e. The Morgan fingerprint density at radius 2 is 2.16 bits per heavy atom. The summed E-state index contributed by atoms with van der Waals surface area (Å²) in [4.78, 5) is 17.0. The summed E-state index contributed by atoms with van der Waals surface area (Å²) in [5.41, 5.74) is 2.70. The van der Waals surface area contributed by atoms with Crippen molar-refractivity contribution in [1.29, 1.82) is 0 Å². The Kier molecular flexibility index (Phi) is 4.09. The van der Waals surface area contributed by atoms with E-state index in [1.165, 1.54) is 5.56 Å². The molecule has 0 fully saturated rings. The average Bonchev–Trinajstić information content (AvgIpc) is 3.23. The van der Waals surface area contributed by atoms with Gasteiger partial charge in [-0.05, 0) is 18.9 Å². The van der Waals surface area contributed by atoms with Crippen molar-refractivity contribution >= 4 is 5.91 Å². The van der Waals surface area contributed by atoms with Crippen LogP contribution in [-0.4, -0.2) is 31.3 Å². The highest BCUT2D eigenvalue weighted by molar-refractivity contribution is 5.95. The first-order chi connectivity index (χ1) is 12.2. The van der Waals surface area contributed by atoms with Crippen molar-refractivity contribution in [1.82, 2.24) is 24.6 Å². The molecule has 0 spiro atoms. The van der Waals surface area contributed by atoms with Crippen molar-refractivity contribution in [2.75, 3.05) is 0 Å². The van der Waals surface area contributed by atoms with Crippen LogP contribution in [0.15, 0.2) is 48.9 Å². The molecule has 0 saturated heterocycles. The van der Waals surface area contributed by atoms with E-state index < -0.39 is 0 Å². The van der Waals surface area contributed by atoms with E-state index in [1.807, 2.05) is 42.2 Å². The molecule has 6 nitrogen and oxygen atoms in total. The lowest BCUT2D eigenvalue weighted by molar-refractivity contribution is 0.0927. The second-order valence-electron chi connectivity index (χ2n) is 6.49. The van der Waals surface area contributed by atoms with Crippen LogP contribution in [0, 0.1) is 6.92 Å². The largest absolute Gasteiger partial charge is 0.347 e. The number of benzene rings is 1. The molecule has 1 aromatic carbocycles. The number of nitrogens with one attached hydrogen (secondary N) is 1. The molecule has 1 atom stereocenters. The molecule has 128 valence electrons. The summed E-state index contributed by atoms with van der Waals surface area (Å²) < 4.78 is 3.99. The zero-order valence-electron chi connectivity index (χ0n) is 14.2. The molecular weight excluding hydrogens is 314 g/mol. The Hall–Kier alpha value is -2.89. The maximum absolute atomic E-state index is 12.7. The number of imidazole rings is 1. The number of hydrogen-bond donors (Lipinski definition) is 1. The molecular formula is C19H21N5O. The third-order valence-corrected chi connectivity index (χ3v) is 4.79. The first-order valence-corrected chi connectivity index (χ1v) is 8.58. The van der Waals surface area contributed by atoms with E-state index in [-0.39, 0.29) is 11.9 Å². The Bertz CT molecular complexity index is 880. The van der Waals surface area contributed by atoms with Gasteiger partial charge >= 0.3 is 0 Å². The maximum Gasteiger partial charge on any atom is 0.255 e. The van der Waals surface area contributed by atoms with Crippen molar-refractivity contribution in [3.63, 3.8) is 0 Å². The molecule has 3 aromatic rings. The third-order valence-electron chi connectivity index (χ3n) is 4.79. The minimum absolute atomic E-state index is 0.0506. The second kappa shape index (κ2) is 6.55. The molecule has 2 aromatic heterocycles. The average molecular weight is 335 g/mol. The molecule has 0 bridgehead atoms. The topological polar surface area (TPSA) is 64.7 Å². The predicted octanol–water partition coefficient (Wildman–Crippen LogP) is 2.18. The fourth-order valence-corrected chi connectivity index (χ4v) is 3.33. The van der Waals surface area contributed by atoms with Crippen molar-refractivity contribution < 1.29 is 4.79 Å². The zero-order chi connectivity index (χ0) is 17.2. The summed E-state index contributed by atoms with van der Waals surface area (Å²) in [5, 5.41) is 7.54. The molecule has 1 N–H and O–H groups in total. The monoisotopic (exact) mass is 335 g/mol. The Labute approximate surface area is 146 Å². The van der Waals surface area contributed by atoms with Gasteiger partial charge < -0.3 is 9.88 Å². The molecule has 25 heavy (non-hydrogen) atoms. The number of carbonyl (C=O) groups is 1. The first-order valence-electron chi connectivity index (χ1n) is 8.58. The summed E-state index contributed by atoms with van der Waals surface area (Å²) in [5.74, 6) is 1.04. The van der Waals surface area contributed by atoms with Crippen LogP contribution in [0.2, 0.25) is 0 Å². The molecule has 0 radical (unpaired) electrons. The van der Waals surface area contributed by atoms with Gasteiger partial charge in [0.05, 0.1) is 18.3 Å². The van der Waals surface area contributed by atoms with Crippen LogP contribution in [-0.2, 0) is 19.5 Å². The van der Waals surface area contributed by atoms with Crippen molar-refractivity contribution in [3.05, 3.63) is 71.6 Å². The van der Waals surface area contributed by atoms with Gasteiger partial charge in [-0.1, -0.05) is 30.3 Å². The lowest BCUT2D eigenvalue weighted by Gasteiger charge is -2.24. The number of fused-ring (bicyclic) bond motifs is 1. The van der Waals surface area contributed by atoms with Crippen molar-refractivity contribution in [2.45, 2.75) is 38.9 Å². The van der Waals surface area contributed by atoms with Gasteiger partial charge in [0, 0.05) is 37.1 Å². The Morgan fingerprint density at radius 1 is 1.32 bits per heavy atom. The van der Waals surface area contributed by atoms with Crippen LogP contribution >= 0.6 is 0 Å². The van der Waals surface area contributed by atoms with Gasteiger partial charge in [0.2, 0.25) is 0 Å². The van der Waals surface area contributed by atoms with Gasteiger partial charge in [0.1, 0.15) is 5.82 Å². The summed E-state index contributed by atoms with van der Waals surface area (Å²) in [6, 6.07) is 10.3. The molecule has 0 unspecified atom stereocenters. The van der Waals surface area contributed by atoms with E-state index in [0.717, 1.165) is 30.9 Å². The van der Waals surface area contributed by atoms with Gasteiger partial charge in [-0.2, -0.15) is 5.10 Å². The van der Waals surface area contributed by atoms with Gasteiger partial charge in [-0.25, -0.2) is 4.98 Å². The van der Waals surface area contributed by atoms with E-state index in [2.05, 4.69) is 32.1 Å². The minimum atomic E-state index is -0.0506. The Morgan fingerprint density at radius 3 is 3.00 bits per heavy atom. The van der Waals surface area contributed by atoms with E-state index in [9.17, 15) is 4.79 Å². The lowest BCUT2D eigenvalue weighted by atomic mass is 10.1. The number of amides is 1. The number of hydrogen-bond acceptors (Lipinski definition) is 3. The number of carbonyl (C=O) groups excluding carboxylic acids is 1. The van der Waals surface area contributed by atoms with Crippen molar-refractivity contribution in [2.24, 2.45) is 0 Å². The van der Waals surface area contributed by atoms with E-state index in [4.69, 9.17) is 0 Å².